The SMILES string of the molecule is CCCc1nnc(NCc2cc(Br)cs2)o1. The number of hydrogen-bond acceptors (Lipinski definition) is 5. The van der Waals surface area contributed by atoms with Crippen molar-refractivity contribution < 1.29 is 4.42 Å². The lowest BCUT2D eigenvalue weighted by Crippen LogP contribution is -1.97. The van der Waals surface area contributed by atoms with Gasteiger partial charge in [0.25, 0.3) is 0 Å². The molecule has 0 amide bonds. The fourth-order valence-corrected chi connectivity index (χ4v) is 2.64. The molecule has 2 rings (SSSR count). The molecular formula is C10H12BrN3OS. The van der Waals surface area contributed by atoms with E-state index in [1.165, 1.54) is 4.88 Å². The second-order valence-electron chi connectivity index (χ2n) is 3.34. The minimum atomic E-state index is 0.493. The molecule has 0 radical (unpaired) electrons. The van der Waals surface area contributed by atoms with Crippen LogP contribution < -0.4 is 5.32 Å². The molecule has 0 aliphatic carbocycles. The number of rotatable bonds is 5. The topological polar surface area (TPSA) is 51.0 Å². The molecule has 0 aliphatic rings. The maximum Gasteiger partial charge on any atom is 0.315 e. The lowest BCUT2D eigenvalue weighted by molar-refractivity contribution is 0.501. The summed E-state index contributed by atoms with van der Waals surface area (Å²) in [5, 5.41) is 13.0. The van der Waals surface area contributed by atoms with E-state index in [4.69, 9.17) is 4.42 Å². The number of aromatic nitrogens is 2. The molecule has 0 spiro atoms. The summed E-state index contributed by atoms with van der Waals surface area (Å²) in [6.45, 7) is 2.80. The van der Waals surface area contributed by atoms with E-state index in [0.717, 1.165) is 17.3 Å². The summed E-state index contributed by atoms with van der Waals surface area (Å²) in [5.41, 5.74) is 0. The molecule has 0 fully saturated rings. The average molecular weight is 302 g/mol. The minimum Gasteiger partial charge on any atom is -0.408 e. The van der Waals surface area contributed by atoms with Gasteiger partial charge in [0, 0.05) is 21.2 Å². The Balaban J connectivity index is 1.89. The number of aryl methyl sites for hydroxylation is 1. The highest BCUT2D eigenvalue weighted by atomic mass is 79.9. The lowest BCUT2D eigenvalue weighted by Gasteiger charge is -1.96. The van der Waals surface area contributed by atoms with E-state index in [-0.39, 0.29) is 0 Å². The van der Waals surface area contributed by atoms with Crippen LogP contribution in [0.5, 0.6) is 0 Å². The third-order valence-corrected chi connectivity index (χ3v) is 3.66. The first-order chi connectivity index (χ1) is 7.78. The normalized spacial score (nSPS) is 10.6. The number of anilines is 1. The number of nitrogens with zero attached hydrogens (tertiary/aromatic N) is 2. The predicted molar refractivity (Wildman–Crippen MR) is 67.6 cm³/mol. The fraction of sp³-hybridized carbons (Fsp3) is 0.400. The molecule has 2 aromatic rings. The molecule has 0 atom stereocenters. The van der Waals surface area contributed by atoms with Gasteiger partial charge in [0.05, 0.1) is 6.54 Å². The third-order valence-electron chi connectivity index (χ3n) is 1.97. The molecule has 0 aliphatic heterocycles. The molecule has 16 heavy (non-hydrogen) atoms. The summed E-state index contributed by atoms with van der Waals surface area (Å²) >= 11 is 5.10. The van der Waals surface area contributed by atoms with Crippen LogP contribution in [0.3, 0.4) is 0 Å². The van der Waals surface area contributed by atoms with Crippen LogP contribution in [0, 0.1) is 0 Å². The van der Waals surface area contributed by atoms with Gasteiger partial charge in [-0.1, -0.05) is 12.0 Å². The van der Waals surface area contributed by atoms with Crippen LogP contribution in [-0.4, -0.2) is 10.2 Å². The van der Waals surface area contributed by atoms with E-state index in [2.05, 4.69) is 44.4 Å². The Morgan fingerprint density at radius 2 is 2.38 bits per heavy atom. The first-order valence-electron chi connectivity index (χ1n) is 5.07. The molecule has 0 bridgehead atoms. The van der Waals surface area contributed by atoms with Gasteiger partial charge >= 0.3 is 6.01 Å². The van der Waals surface area contributed by atoms with E-state index < -0.39 is 0 Å². The summed E-state index contributed by atoms with van der Waals surface area (Å²) in [7, 11) is 0. The fourth-order valence-electron chi connectivity index (χ4n) is 1.25. The van der Waals surface area contributed by atoms with Crippen molar-refractivity contribution in [3.8, 4) is 0 Å². The van der Waals surface area contributed by atoms with Gasteiger partial charge in [-0.15, -0.1) is 16.4 Å². The molecule has 0 saturated heterocycles. The molecule has 6 heteroatoms. The third kappa shape index (κ3) is 3.05. The highest BCUT2D eigenvalue weighted by Crippen LogP contribution is 2.20. The van der Waals surface area contributed by atoms with Gasteiger partial charge in [-0.2, -0.15) is 0 Å². The zero-order valence-corrected chi connectivity index (χ0v) is 11.3. The Morgan fingerprint density at radius 3 is 3.06 bits per heavy atom. The van der Waals surface area contributed by atoms with Crippen LogP contribution in [-0.2, 0) is 13.0 Å². The molecule has 4 nitrogen and oxygen atoms in total. The Hall–Kier alpha value is -0.880. The van der Waals surface area contributed by atoms with Crippen LogP contribution >= 0.6 is 27.3 Å². The van der Waals surface area contributed by atoms with Gasteiger partial charge < -0.3 is 9.73 Å². The van der Waals surface area contributed by atoms with E-state index in [0.29, 0.717) is 18.5 Å². The lowest BCUT2D eigenvalue weighted by atomic mass is 10.3. The van der Waals surface area contributed by atoms with E-state index >= 15 is 0 Å². The Kier molecular flexibility index (Phi) is 3.95. The average Bonchev–Trinajstić information content (AvgIpc) is 2.85. The summed E-state index contributed by atoms with van der Waals surface area (Å²) < 4.78 is 6.52. The summed E-state index contributed by atoms with van der Waals surface area (Å²) in [5.74, 6) is 0.692. The van der Waals surface area contributed by atoms with Crippen molar-refractivity contribution >= 4 is 33.3 Å². The van der Waals surface area contributed by atoms with Gasteiger partial charge in [0.15, 0.2) is 0 Å². The predicted octanol–water partition coefficient (Wildman–Crippen LogP) is 3.46. The standard InChI is InChI=1S/C10H12BrN3OS/c1-2-3-9-13-14-10(15-9)12-5-8-4-7(11)6-16-8/h4,6H,2-3,5H2,1H3,(H,12,14). The summed E-state index contributed by atoms with van der Waals surface area (Å²) in [6, 6.07) is 2.56. The van der Waals surface area contributed by atoms with Crippen molar-refractivity contribution in [3.05, 3.63) is 26.7 Å². The van der Waals surface area contributed by atoms with Crippen LogP contribution in [0.25, 0.3) is 0 Å². The minimum absolute atomic E-state index is 0.493. The van der Waals surface area contributed by atoms with Crippen molar-refractivity contribution in [2.24, 2.45) is 0 Å². The molecule has 2 aromatic heterocycles. The summed E-state index contributed by atoms with van der Waals surface area (Å²) in [6.07, 6.45) is 1.85. The maximum absolute atomic E-state index is 5.41. The van der Waals surface area contributed by atoms with Crippen molar-refractivity contribution in [3.63, 3.8) is 0 Å². The molecule has 1 N–H and O–H groups in total. The van der Waals surface area contributed by atoms with E-state index in [9.17, 15) is 0 Å². The van der Waals surface area contributed by atoms with Crippen LogP contribution in [0.1, 0.15) is 24.1 Å². The molecule has 0 aromatic carbocycles. The smallest absolute Gasteiger partial charge is 0.315 e. The molecular weight excluding hydrogens is 290 g/mol. The zero-order valence-electron chi connectivity index (χ0n) is 8.86. The first kappa shape index (κ1) is 11.6. The molecule has 86 valence electrons. The highest BCUT2D eigenvalue weighted by Gasteiger charge is 2.05. The first-order valence-corrected chi connectivity index (χ1v) is 6.74. The Morgan fingerprint density at radius 1 is 1.50 bits per heavy atom. The number of nitrogens with one attached hydrogen (secondary N) is 1. The van der Waals surface area contributed by atoms with Crippen molar-refractivity contribution in [1.29, 1.82) is 0 Å². The monoisotopic (exact) mass is 301 g/mol. The Labute approximate surface area is 106 Å². The second-order valence-corrected chi connectivity index (χ2v) is 5.25. The number of hydrogen-bond donors (Lipinski definition) is 1. The van der Waals surface area contributed by atoms with Gasteiger partial charge in [-0.25, -0.2) is 0 Å². The van der Waals surface area contributed by atoms with E-state index in [1.807, 2.05) is 5.38 Å². The molecule has 2 heterocycles. The van der Waals surface area contributed by atoms with Crippen LogP contribution in [0.15, 0.2) is 20.3 Å². The second kappa shape index (κ2) is 5.45. The van der Waals surface area contributed by atoms with Gasteiger partial charge in [0.2, 0.25) is 5.89 Å². The van der Waals surface area contributed by atoms with Crippen molar-refractivity contribution in [1.82, 2.24) is 10.2 Å². The van der Waals surface area contributed by atoms with Crippen molar-refractivity contribution in [2.75, 3.05) is 5.32 Å². The highest BCUT2D eigenvalue weighted by molar-refractivity contribution is 9.10. The van der Waals surface area contributed by atoms with Gasteiger partial charge in [-0.3, -0.25) is 0 Å². The molecule has 0 unspecified atom stereocenters. The quantitative estimate of drug-likeness (QED) is 0.919. The maximum atomic E-state index is 5.41. The number of thiophene rings is 1. The number of halogens is 1. The molecule has 0 saturated carbocycles. The van der Waals surface area contributed by atoms with Crippen LogP contribution in [0.4, 0.5) is 6.01 Å². The largest absolute Gasteiger partial charge is 0.408 e. The van der Waals surface area contributed by atoms with Gasteiger partial charge in [-0.05, 0) is 28.4 Å². The summed E-state index contributed by atoms with van der Waals surface area (Å²) in [4.78, 5) is 1.22. The van der Waals surface area contributed by atoms with Crippen LogP contribution in [0.2, 0.25) is 0 Å². The van der Waals surface area contributed by atoms with E-state index in [1.54, 1.807) is 11.3 Å². The van der Waals surface area contributed by atoms with Gasteiger partial charge in [0.1, 0.15) is 0 Å². The Bertz CT molecular complexity index is 454. The zero-order chi connectivity index (χ0) is 11.4. The van der Waals surface area contributed by atoms with Crippen molar-refractivity contribution in [2.45, 2.75) is 26.3 Å².